The van der Waals surface area contributed by atoms with Crippen LogP contribution in [0, 0.1) is 5.92 Å². The molecule has 1 heterocycles. The Morgan fingerprint density at radius 2 is 2.04 bits per heavy atom. The summed E-state index contributed by atoms with van der Waals surface area (Å²) in [7, 11) is 5.79. The average molecular weight is 368 g/mol. The van der Waals surface area contributed by atoms with E-state index < -0.39 is 5.97 Å². The lowest BCUT2D eigenvalue weighted by molar-refractivity contribution is 0.0691. The molecule has 0 radical (unpaired) electrons. The van der Waals surface area contributed by atoms with Crippen LogP contribution in [0.25, 0.3) is 0 Å². The number of carboxylic acid groups (broad SMARTS) is 1. The Hall–Kier alpha value is -2.37. The first-order valence-electron chi connectivity index (χ1n) is 9.32. The summed E-state index contributed by atoms with van der Waals surface area (Å²) < 4.78 is 5.48. The van der Waals surface area contributed by atoms with Crippen LogP contribution in [0.1, 0.15) is 27.9 Å². The zero-order chi connectivity index (χ0) is 19.4. The monoisotopic (exact) mass is 368 g/mol. The minimum absolute atomic E-state index is 0.230. The average Bonchev–Trinajstić information content (AvgIpc) is 2.68. The van der Waals surface area contributed by atoms with Gasteiger partial charge in [-0.05, 0) is 62.3 Å². The summed E-state index contributed by atoms with van der Waals surface area (Å²) in [5, 5.41) is 13.4. The first kappa shape index (κ1) is 19.4. The molecule has 0 spiro atoms. The maximum Gasteiger partial charge on any atom is 0.335 e. The topological polar surface area (TPSA) is 61.8 Å². The lowest BCUT2D eigenvalue weighted by Crippen LogP contribution is -2.52. The van der Waals surface area contributed by atoms with E-state index in [1.165, 1.54) is 0 Å². The Morgan fingerprint density at radius 3 is 2.74 bits per heavy atom. The SMILES string of the molecule is COc1cccc(C2(c3ccccc3C(=O)O)CCNCC2CN(C)C)c1. The number of ether oxygens (including phenoxy) is 1. The predicted molar refractivity (Wildman–Crippen MR) is 107 cm³/mol. The van der Waals surface area contributed by atoms with Gasteiger partial charge in [-0.1, -0.05) is 30.3 Å². The van der Waals surface area contributed by atoms with Crippen LogP contribution in [0.15, 0.2) is 48.5 Å². The van der Waals surface area contributed by atoms with E-state index in [0.29, 0.717) is 5.56 Å². The van der Waals surface area contributed by atoms with Crippen LogP contribution in [-0.2, 0) is 5.41 Å². The molecule has 2 aromatic rings. The molecule has 1 aliphatic rings. The number of hydrogen-bond acceptors (Lipinski definition) is 4. The lowest BCUT2D eigenvalue weighted by atomic mass is 9.61. The summed E-state index contributed by atoms with van der Waals surface area (Å²) in [4.78, 5) is 14.2. The Bertz CT molecular complexity index is 806. The number of piperidine rings is 1. The molecule has 1 saturated heterocycles. The van der Waals surface area contributed by atoms with Crippen molar-refractivity contribution in [3.05, 3.63) is 65.2 Å². The normalized spacial score (nSPS) is 22.6. The fourth-order valence-corrected chi connectivity index (χ4v) is 4.45. The van der Waals surface area contributed by atoms with Crippen molar-refractivity contribution in [1.29, 1.82) is 0 Å². The Kier molecular flexibility index (Phi) is 5.82. The molecule has 2 aromatic carbocycles. The highest BCUT2D eigenvalue weighted by molar-refractivity contribution is 5.90. The molecule has 1 aliphatic heterocycles. The van der Waals surface area contributed by atoms with Gasteiger partial charge < -0.3 is 20.1 Å². The summed E-state index contributed by atoms with van der Waals surface area (Å²) in [6, 6.07) is 15.5. The van der Waals surface area contributed by atoms with Crippen molar-refractivity contribution in [2.45, 2.75) is 11.8 Å². The molecule has 144 valence electrons. The summed E-state index contributed by atoms with van der Waals surface area (Å²) in [6.45, 7) is 2.54. The fourth-order valence-electron chi connectivity index (χ4n) is 4.45. The fraction of sp³-hybridized carbons (Fsp3) is 0.409. The van der Waals surface area contributed by atoms with E-state index in [4.69, 9.17) is 4.74 Å². The maximum absolute atomic E-state index is 12.0. The van der Waals surface area contributed by atoms with E-state index in [2.05, 4.69) is 36.4 Å². The molecular weight excluding hydrogens is 340 g/mol. The molecule has 2 unspecified atom stereocenters. The van der Waals surface area contributed by atoms with Crippen LogP contribution in [-0.4, -0.2) is 56.8 Å². The van der Waals surface area contributed by atoms with Crippen molar-refractivity contribution < 1.29 is 14.6 Å². The number of carbonyl (C=O) groups is 1. The zero-order valence-electron chi connectivity index (χ0n) is 16.2. The molecule has 2 N–H and O–H groups in total. The number of benzene rings is 2. The maximum atomic E-state index is 12.0. The number of nitrogens with one attached hydrogen (secondary N) is 1. The Balaban J connectivity index is 2.27. The van der Waals surface area contributed by atoms with Crippen molar-refractivity contribution >= 4 is 5.97 Å². The number of carboxylic acids is 1. The van der Waals surface area contributed by atoms with Crippen LogP contribution in [0.2, 0.25) is 0 Å². The molecule has 2 atom stereocenters. The van der Waals surface area contributed by atoms with Gasteiger partial charge in [-0.3, -0.25) is 0 Å². The van der Waals surface area contributed by atoms with Gasteiger partial charge in [0.25, 0.3) is 0 Å². The van der Waals surface area contributed by atoms with Gasteiger partial charge in [0, 0.05) is 18.5 Å². The van der Waals surface area contributed by atoms with Crippen molar-refractivity contribution in [3.8, 4) is 5.75 Å². The minimum atomic E-state index is -0.880. The van der Waals surface area contributed by atoms with Gasteiger partial charge in [-0.15, -0.1) is 0 Å². The van der Waals surface area contributed by atoms with E-state index in [0.717, 1.165) is 42.9 Å². The molecule has 0 saturated carbocycles. The van der Waals surface area contributed by atoms with Gasteiger partial charge in [0.1, 0.15) is 5.75 Å². The van der Waals surface area contributed by atoms with Crippen LogP contribution < -0.4 is 10.1 Å². The van der Waals surface area contributed by atoms with Gasteiger partial charge in [-0.2, -0.15) is 0 Å². The molecule has 0 aliphatic carbocycles. The van der Waals surface area contributed by atoms with Crippen molar-refractivity contribution in [3.63, 3.8) is 0 Å². The summed E-state index contributed by atoms with van der Waals surface area (Å²) in [5.74, 6) is 0.144. The molecule has 5 heteroatoms. The predicted octanol–water partition coefficient (Wildman–Crippen LogP) is 2.85. The number of hydrogen-bond donors (Lipinski definition) is 2. The third kappa shape index (κ3) is 3.70. The van der Waals surface area contributed by atoms with Crippen LogP contribution >= 0.6 is 0 Å². The minimum Gasteiger partial charge on any atom is -0.497 e. The van der Waals surface area contributed by atoms with Gasteiger partial charge in [0.2, 0.25) is 0 Å². The second-order valence-electron chi connectivity index (χ2n) is 7.47. The van der Waals surface area contributed by atoms with Crippen LogP contribution in [0.3, 0.4) is 0 Å². The standard InChI is InChI=1S/C22H28N2O3/c1-24(2)15-17-14-23-12-11-22(17,16-7-6-8-18(13-16)27-3)20-10-5-4-9-19(20)21(25)26/h4-10,13,17,23H,11-12,14-15H2,1-3H3,(H,25,26). The van der Waals surface area contributed by atoms with E-state index in [1.54, 1.807) is 19.2 Å². The van der Waals surface area contributed by atoms with E-state index >= 15 is 0 Å². The summed E-state index contributed by atoms with van der Waals surface area (Å²) in [5.41, 5.74) is 1.99. The molecule has 5 nitrogen and oxygen atoms in total. The van der Waals surface area contributed by atoms with Crippen molar-refractivity contribution in [2.75, 3.05) is 40.8 Å². The van der Waals surface area contributed by atoms with Gasteiger partial charge in [-0.25, -0.2) is 4.79 Å². The first-order valence-corrected chi connectivity index (χ1v) is 9.32. The smallest absolute Gasteiger partial charge is 0.335 e. The molecule has 0 bridgehead atoms. The number of rotatable bonds is 6. The summed E-state index contributed by atoms with van der Waals surface area (Å²) in [6.07, 6.45) is 0.836. The van der Waals surface area contributed by atoms with Crippen molar-refractivity contribution in [2.24, 2.45) is 5.92 Å². The highest BCUT2D eigenvalue weighted by Crippen LogP contribution is 2.46. The van der Waals surface area contributed by atoms with E-state index in [1.807, 2.05) is 24.3 Å². The van der Waals surface area contributed by atoms with Crippen LogP contribution in [0.4, 0.5) is 0 Å². The Labute approximate surface area is 161 Å². The highest BCUT2D eigenvalue weighted by Gasteiger charge is 2.45. The quantitative estimate of drug-likeness (QED) is 0.821. The first-order chi connectivity index (χ1) is 13.0. The van der Waals surface area contributed by atoms with Gasteiger partial charge >= 0.3 is 5.97 Å². The van der Waals surface area contributed by atoms with E-state index in [9.17, 15) is 9.90 Å². The molecule has 3 rings (SSSR count). The summed E-state index contributed by atoms with van der Waals surface area (Å²) >= 11 is 0. The highest BCUT2D eigenvalue weighted by atomic mass is 16.5. The largest absolute Gasteiger partial charge is 0.497 e. The lowest BCUT2D eigenvalue weighted by Gasteiger charge is -2.47. The molecule has 27 heavy (non-hydrogen) atoms. The molecule has 1 fully saturated rings. The van der Waals surface area contributed by atoms with E-state index in [-0.39, 0.29) is 11.3 Å². The second kappa shape index (κ2) is 8.11. The molecular formula is C22H28N2O3. The molecule has 0 amide bonds. The zero-order valence-corrected chi connectivity index (χ0v) is 16.2. The van der Waals surface area contributed by atoms with Crippen molar-refractivity contribution in [1.82, 2.24) is 10.2 Å². The molecule has 0 aromatic heterocycles. The number of nitrogens with zero attached hydrogens (tertiary/aromatic N) is 1. The van der Waals surface area contributed by atoms with Crippen LogP contribution in [0.5, 0.6) is 5.75 Å². The second-order valence-corrected chi connectivity index (χ2v) is 7.47. The number of methoxy groups -OCH3 is 1. The third-order valence-corrected chi connectivity index (χ3v) is 5.59. The Morgan fingerprint density at radius 1 is 1.26 bits per heavy atom. The third-order valence-electron chi connectivity index (χ3n) is 5.59. The van der Waals surface area contributed by atoms with Gasteiger partial charge in [0.05, 0.1) is 12.7 Å². The number of aromatic carboxylic acids is 1. The van der Waals surface area contributed by atoms with Gasteiger partial charge in [0.15, 0.2) is 0 Å².